The Labute approximate surface area is 114 Å². The first kappa shape index (κ1) is 14.2. The third-order valence-corrected chi connectivity index (χ3v) is 4.13. The van der Waals surface area contributed by atoms with E-state index in [0.29, 0.717) is 0 Å². The Kier molecular flexibility index (Phi) is 4.32. The summed E-state index contributed by atoms with van der Waals surface area (Å²) in [5, 5.41) is 0. The summed E-state index contributed by atoms with van der Waals surface area (Å²) in [5.74, 6) is 1.55. The molecule has 19 heavy (non-hydrogen) atoms. The molecule has 1 unspecified atom stereocenters. The zero-order valence-corrected chi connectivity index (χ0v) is 11.9. The summed E-state index contributed by atoms with van der Waals surface area (Å²) in [5.41, 5.74) is 7.24. The van der Waals surface area contributed by atoms with Crippen molar-refractivity contribution in [3.63, 3.8) is 0 Å². The highest BCUT2D eigenvalue weighted by molar-refractivity contribution is 5.47. The zero-order valence-electron chi connectivity index (χ0n) is 11.9. The van der Waals surface area contributed by atoms with Crippen LogP contribution in [0.25, 0.3) is 0 Å². The molecule has 0 heterocycles. The molecule has 0 spiro atoms. The molecule has 1 aliphatic rings. The van der Waals surface area contributed by atoms with Crippen LogP contribution in [0.5, 0.6) is 11.5 Å². The summed E-state index contributed by atoms with van der Waals surface area (Å²) in [6.45, 7) is 0. The van der Waals surface area contributed by atoms with Crippen molar-refractivity contribution in [1.82, 2.24) is 0 Å². The van der Waals surface area contributed by atoms with Gasteiger partial charge in [0.25, 0.3) is 0 Å². The summed E-state index contributed by atoms with van der Waals surface area (Å²) in [6, 6.07) is 5.59. The normalized spacial score (nSPS) is 18.5. The van der Waals surface area contributed by atoms with Crippen LogP contribution in [0.2, 0.25) is 0 Å². The molecule has 0 bridgehead atoms. The molecule has 1 aliphatic carbocycles. The van der Waals surface area contributed by atoms with Crippen molar-refractivity contribution in [1.29, 1.82) is 0 Å². The topological polar surface area (TPSA) is 53.7 Å². The van der Waals surface area contributed by atoms with Crippen LogP contribution in [0.1, 0.15) is 37.3 Å². The molecule has 1 fully saturated rings. The van der Waals surface area contributed by atoms with E-state index in [1.807, 2.05) is 18.2 Å². The Morgan fingerprint density at radius 3 is 2.11 bits per heavy atom. The molecular formula is C15H23NO3. The minimum absolute atomic E-state index is 0.0642. The molecule has 1 saturated carbocycles. The van der Waals surface area contributed by atoms with E-state index in [4.69, 9.17) is 19.9 Å². The van der Waals surface area contributed by atoms with Crippen LogP contribution >= 0.6 is 0 Å². The van der Waals surface area contributed by atoms with Crippen LogP contribution in [0, 0.1) is 0 Å². The molecule has 1 atom stereocenters. The minimum atomic E-state index is -0.147. The lowest BCUT2D eigenvalue weighted by atomic mass is 9.74. The number of nitrogens with two attached hydrogens (primary N) is 1. The van der Waals surface area contributed by atoms with Crippen molar-refractivity contribution in [2.45, 2.75) is 37.3 Å². The molecule has 1 aromatic carbocycles. The van der Waals surface area contributed by atoms with E-state index in [0.717, 1.165) is 36.3 Å². The first-order chi connectivity index (χ1) is 9.15. The maximum atomic E-state index is 6.38. The summed E-state index contributed by atoms with van der Waals surface area (Å²) >= 11 is 0. The van der Waals surface area contributed by atoms with Gasteiger partial charge in [0.1, 0.15) is 11.5 Å². The van der Waals surface area contributed by atoms with Crippen LogP contribution in [0.4, 0.5) is 0 Å². The maximum absolute atomic E-state index is 6.38. The van der Waals surface area contributed by atoms with E-state index in [1.54, 1.807) is 21.3 Å². The Morgan fingerprint density at radius 1 is 1.16 bits per heavy atom. The molecule has 0 aliphatic heterocycles. The standard InChI is InChI=1S/C15H23NO3/c1-17-12-6-4-7-13(18-2)14(12)11(16)10-15(19-3)8-5-9-15/h4,6-7,11H,5,8-10,16H2,1-3H3. The van der Waals surface area contributed by atoms with Gasteiger partial charge in [-0.15, -0.1) is 0 Å². The highest BCUT2D eigenvalue weighted by Crippen LogP contribution is 2.44. The first-order valence-corrected chi connectivity index (χ1v) is 6.67. The number of ether oxygens (including phenoxy) is 3. The lowest BCUT2D eigenvalue weighted by Gasteiger charge is -2.42. The van der Waals surface area contributed by atoms with Gasteiger partial charge >= 0.3 is 0 Å². The lowest BCUT2D eigenvalue weighted by molar-refractivity contribution is -0.0818. The Bertz CT molecular complexity index is 402. The van der Waals surface area contributed by atoms with Crippen molar-refractivity contribution >= 4 is 0 Å². The number of hydrogen-bond acceptors (Lipinski definition) is 4. The van der Waals surface area contributed by atoms with E-state index in [9.17, 15) is 0 Å². The maximum Gasteiger partial charge on any atom is 0.127 e. The smallest absolute Gasteiger partial charge is 0.127 e. The molecule has 4 heteroatoms. The third-order valence-electron chi connectivity index (χ3n) is 4.13. The van der Waals surface area contributed by atoms with E-state index in [1.165, 1.54) is 6.42 Å². The summed E-state index contributed by atoms with van der Waals surface area (Å²) in [6.07, 6.45) is 4.16. The second-order valence-electron chi connectivity index (χ2n) is 5.13. The average molecular weight is 265 g/mol. The Balaban J connectivity index is 2.24. The highest BCUT2D eigenvalue weighted by Gasteiger charge is 2.39. The van der Waals surface area contributed by atoms with Crippen molar-refractivity contribution in [2.75, 3.05) is 21.3 Å². The fourth-order valence-corrected chi connectivity index (χ4v) is 2.81. The molecule has 0 aromatic heterocycles. The number of hydrogen-bond donors (Lipinski definition) is 1. The van der Waals surface area contributed by atoms with Crippen LogP contribution < -0.4 is 15.2 Å². The summed E-state index contributed by atoms with van der Waals surface area (Å²) < 4.78 is 16.5. The number of methoxy groups -OCH3 is 3. The molecule has 1 aromatic rings. The van der Waals surface area contributed by atoms with Gasteiger partial charge in [0.15, 0.2) is 0 Å². The second kappa shape index (κ2) is 5.80. The largest absolute Gasteiger partial charge is 0.496 e. The van der Waals surface area contributed by atoms with Crippen LogP contribution in [-0.4, -0.2) is 26.9 Å². The van der Waals surface area contributed by atoms with Crippen molar-refractivity contribution in [3.8, 4) is 11.5 Å². The van der Waals surface area contributed by atoms with Crippen molar-refractivity contribution < 1.29 is 14.2 Å². The van der Waals surface area contributed by atoms with Gasteiger partial charge in [0.2, 0.25) is 0 Å². The molecular weight excluding hydrogens is 242 g/mol. The quantitative estimate of drug-likeness (QED) is 0.859. The van der Waals surface area contributed by atoms with Crippen LogP contribution in [0.15, 0.2) is 18.2 Å². The van der Waals surface area contributed by atoms with Crippen LogP contribution in [0.3, 0.4) is 0 Å². The molecule has 2 N–H and O–H groups in total. The molecule has 0 radical (unpaired) electrons. The van der Waals surface area contributed by atoms with E-state index in [-0.39, 0.29) is 11.6 Å². The van der Waals surface area contributed by atoms with Gasteiger partial charge in [0, 0.05) is 13.2 Å². The van der Waals surface area contributed by atoms with Gasteiger partial charge < -0.3 is 19.9 Å². The molecule has 106 valence electrons. The predicted molar refractivity (Wildman–Crippen MR) is 74.7 cm³/mol. The van der Waals surface area contributed by atoms with E-state index < -0.39 is 0 Å². The van der Waals surface area contributed by atoms with Crippen LogP contribution in [-0.2, 0) is 4.74 Å². The van der Waals surface area contributed by atoms with Gasteiger partial charge in [0.05, 0.1) is 25.4 Å². The summed E-state index contributed by atoms with van der Waals surface area (Å²) in [7, 11) is 5.08. The first-order valence-electron chi connectivity index (χ1n) is 6.67. The monoisotopic (exact) mass is 265 g/mol. The minimum Gasteiger partial charge on any atom is -0.496 e. The van der Waals surface area contributed by atoms with Gasteiger partial charge in [-0.1, -0.05) is 6.07 Å². The van der Waals surface area contributed by atoms with E-state index >= 15 is 0 Å². The average Bonchev–Trinajstić information content (AvgIpc) is 2.41. The molecule has 0 amide bonds. The SMILES string of the molecule is COc1cccc(OC)c1C(N)CC1(OC)CCC1. The predicted octanol–water partition coefficient (Wildman–Crippen LogP) is 2.66. The van der Waals surface area contributed by atoms with Crippen molar-refractivity contribution in [3.05, 3.63) is 23.8 Å². The number of rotatable bonds is 6. The summed E-state index contributed by atoms with van der Waals surface area (Å²) in [4.78, 5) is 0. The Hall–Kier alpha value is -1.26. The number of benzene rings is 1. The lowest BCUT2D eigenvalue weighted by Crippen LogP contribution is -2.42. The van der Waals surface area contributed by atoms with Gasteiger partial charge in [-0.25, -0.2) is 0 Å². The fraction of sp³-hybridized carbons (Fsp3) is 0.600. The molecule has 0 saturated heterocycles. The molecule has 4 nitrogen and oxygen atoms in total. The van der Waals surface area contributed by atoms with Gasteiger partial charge in [-0.05, 0) is 37.8 Å². The molecule has 2 rings (SSSR count). The second-order valence-corrected chi connectivity index (χ2v) is 5.13. The fourth-order valence-electron chi connectivity index (χ4n) is 2.81. The highest BCUT2D eigenvalue weighted by atomic mass is 16.5. The third kappa shape index (κ3) is 2.69. The van der Waals surface area contributed by atoms with E-state index in [2.05, 4.69) is 0 Å². The van der Waals surface area contributed by atoms with Gasteiger partial charge in [-0.2, -0.15) is 0 Å². The zero-order chi connectivity index (χ0) is 13.9. The van der Waals surface area contributed by atoms with Gasteiger partial charge in [-0.3, -0.25) is 0 Å². The Morgan fingerprint density at radius 2 is 1.74 bits per heavy atom. The van der Waals surface area contributed by atoms with Crippen molar-refractivity contribution in [2.24, 2.45) is 5.73 Å².